The topological polar surface area (TPSA) is 34.1 Å². The number of ether oxygens (including phenoxy) is 1. The minimum atomic E-state index is 0.170. The first-order valence-electron chi connectivity index (χ1n) is 6.52. The molecule has 1 aromatic heterocycles. The van der Waals surface area contributed by atoms with Gasteiger partial charge in [0.05, 0.1) is 18.3 Å². The Morgan fingerprint density at radius 2 is 1.84 bits per heavy atom. The zero-order chi connectivity index (χ0) is 13.5. The van der Waals surface area contributed by atoms with Crippen molar-refractivity contribution in [3.63, 3.8) is 0 Å². The van der Waals surface area contributed by atoms with Gasteiger partial charge in [-0.15, -0.1) is 0 Å². The summed E-state index contributed by atoms with van der Waals surface area (Å²) in [5.74, 6) is 0. The van der Waals surface area contributed by atoms with Gasteiger partial charge in [-0.2, -0.15) is 0 Å². The Bertz CT molecular complexity index is 473. The number of rotatable bonds is 6. The second-order valence-electron chi connectivity index (χ2n) is 4.56. The van der Waals surface area contributed by atoms with Crippen LogP contribution in [0.25, 0.3) is 0 Å². The zero-order valence-corrected chi connectivity index (χ0v) is 11.4. The van der Waals surface area contributed by atoms with Crippen LogP contribution in [0, 0.1) is 0 Å². The molecule has 2 rings (SSSR count). The van der Waals surface area contributed by atoms with Crippen LogP contribution in [0.2, 0.25) is 0 Å². The maximum absolute atomic E-state index is 5.31. The molecule has 1 aromatic carbocycles. The average Bonchev–Trinajstić information content (AvgIpc) is 2.48. The molecule has 0 saturated heterocycles. The van der Waals surface area contributed by atoms with Gasteiger partial charge >= 0.3 is 0 Å². The van der Waals surface area contributed by atoms with Gasteiger partial charge < -0.3 is 4.74 Å². The number of nitrogens with one attached hydrogen (secondary N) is 1. The molecule has 0 aliphatic rings. The van der Waals surface area contributed by atoms with Gasteiger partial charge in [-0.05, 0) is 24.6 Å². The number of aromatic nitrogens is 1. The summed E-state index contributed by atoms with van der Waals surface area (Å²) in [6, 6.07) is 16.7. The van der Waals surface area contributed by atoms with Gasteiger partial charge in [0.15, 0.2) is 0 Å². The van der Waals surface area contributed by atoms with E-state index >= 15 is 0 Å². The van der Waals surface area contributed by atoms with Gasteiger partial charge in [0.2, 0.25) is 0 Å². The van der Waals surface area contributed by atoms with E-state index in [1.165, 1.54) is 5.56 Å². The largest absolute Gasteiger partial charge is 0.383 e. The normalized spacial score (nSPS) is 14.0. The molecule has 0 aliphatic heterocycles. The molecule has 3 nitrogen and oxygen atoms in total. The minimum absolute atomic E-state index is 0.170. The van der Waals surface area contributed by atoms with Gasteiger partial charge in [0.1, 0.15) is 0 Å². The third kappa shape index (κ3) is 3.88. The van der Waals surface area contributed by atoms with E-state index in [4.69, 9.17) is 4.74 Å². The molecule has 1 heterocycles. The summed E-state index contributed by atoms with van der Waals surface area (Å²) < 4.78 is 5.31. The van der Waals surface area contributed by atoms with Gasteiger partial charge in [0.25, 0.3) is 0 Å². The summed E-state index contributed by atoms with van der Waals surface area (Å²) >= 11 is 0. The second-order valence-corrected chi connectivity index (χ2v) is 4.56. The zero-order valence-electron chi connectivity index (χ0n) is 11.4. The Morgan fingerprint density at radius 3 is 2.47 bits per heavy atom. The lowest BCUT2D eigenvalue weighted by atomic mass is 10.1. The van der Waals surface area contributed by atoms with Crippen molar-refractivity contribution in [3.05, 3.63) is 66.0 Å². The molecule has 1 unspecified atom stereocenters. The van der Waals surface area contributed by atoms with Crippen molar-refractivity contribution < 1.29 is 4.74 Å². The SMILES string of the molecule is COCC(N[C@H](C)c1ccccn1)c1ccccc1. The van der Waals surface area contributed by atoms with Crippen molar-refractivity contribution in [1.82, 2.24) is 10.3 Å². The van der Waals surface area contributed by atoms with E-state index in [2.05, 4.69) is 29.4 Å². The van der Waals surface area contributed by atoms with Crippen LogP contribution < -0.4 is 5.32 Å². The van der Waals surface area contributed by atoms with Crippen molar-refractivity contribution in [2.75, 3.05) is 13.7 Å². The number of nitrogens with zero attached hydrogens (tertiary/aromatic N) is 1. The summed E-state index contributed by atoms with van der Waals surface area (Å²) in [4.78, 5) is 4.38. The van der Waals surface area contributed by atoms with Crippen molar-refractivity contribution in [2.24, 2.45) is 0 Å². The molecule has 0 spiro atoms. The molecule has 0 fully saturated rings. The van der Waals surface area contributed by atoms with Crippen LogP contribution in [-0.4, -0.2) is 18.7 Å². The number of benzene rings is 1. The summed E-state index contributed by atoms with van der Waals surface area (Å²) in [5, 5.41) is 3.56. The highest BCUT2D eigenvalue weighted by molar-refractivity contribution is 5.20. The van der Waals surface area contributed by atoms with E-state index in [0.29, 0.717) is 6.61 Å². The first-order valence-corrected chi connectivity index (χ1v) is 6.52. The molecular weight excluding hydrogens is 236 g/mol. The van der Waals surface area contributed by atoms with E-state index in [1.54, 1.807) is 7.11 Å². The maximum Gasteiger partial charge on any atom is 0.0657 e. The molecule has 19 heavy (non-hydrogen) atoms. The maximum atomic E-state index is 5.31. The lowest BCUT2D eigenvalue weighted by Crippen LogP contribution is -2.28. The number of hydrogen-bond donors (Lipinski definition) is 1. The van der Waals surface area contributed by atoms with Crippen molar-refractivity contribution in [2.45, 2.75) is 19.0 Å². The van der Waals surface area contributed by atoms with E-state index in [0.717, 1.165) is 5.69 Å². The van der Waals surface area contributed by atoms with E-state index in [9.17, 15) is 0 Å². The minimum Gasteiger partial charge on any atom is -0.383 e. The molecule has 3 heteroatoms. The first-order chi connectivity index (χ1) is 9.31. The molecule has 0 radical (unpaired) electrons. The molecule has 1 N–H and O–H groups in total. The van der Waals surface area contributed by atoms with Crippen LogP contribution in [0.1, 0.15) is 30.3 Å². The monoisotopic (exact) mass is 256 g/mol. The fraction of sp³-hybridized carbons (Fsp3) is 0.312. The van der Waals surface area contributed by atoms with Crippen LogP contribution in [0.5, 0.6) is 0 Å². The molecule has 0 aliphatic carbocycles. The Labute approximate surface area is 114 Å². The number of methoxy groups -OCH3 is 1. The lowest BCUT2D eigenvalue weighted by molar-refractivity contribution is 0.161. The quantitative estimate of drug-likeness (QED) is 0.862. The van der Waals surface area contributed by atoms with Crippen molar-refractivity contribution in [1.29, 1.82) is 0 Å². The molecule has 100 valence electrons. The molecule has 0 amide bonds. The predicted molar refractivity (Wildman–Crippen MR) is 76.8 cm³/mol. The van der Waals surface area contributed by atoms with Crippen molar-refractivity contribution >= 4 is 0 Å². The van der Waals surface area contributed by atoms with Crippen molar-refractivity contribution in [3.8, 4) is 0 Å². The van der Waals surface area contributed by atoms with Gasteiger partial charge in [0, 0.05) is 19.3 Å². The third-order valence-electron chi connectivity index (χ3n) is 3.12. The van der Waals surface area contributed by atoms with Gasteiger partial charge in [-0.3, -0.25) is 10.3 Å². The summed E-state index contributed by atoms with van der Waals surface area (Å²) in [6.45, 7) is 2.76. The van der Waals surface area contributed by atoms with Crippen LogP contribution in [0.15, 0.2) is 54.7 Å². The fourth-order valence-corrected chi connectivity index (χ4v) is 2.11. The van der Waals surface area contributed by atoms with Crippen LogP contribution in [0.3, 0.4) is 0 Å². The van der Waals surface area contributed by atoms with Gasteiger partial charge in [-0.1, -0.05) is 36.4 Å². The molecule has 2 atom stereocenters. The van der Waals surface area contributed by atoms with Gasteiger partial charge in [-0.25, -0.2) is 0 Å². The molecule has 0 saturated carbocycles. The Hall–Kier alpha value is -1.71. The molecular formula is C16H20N2O. The molecule has 0 bridgehead atoms. The summed E-state index contributed by atoms with van der Waals surface area (Å²) in [5.41, 5.74) is 2.27. The van der Waals surface area contributed by atoms with Crippen LogP contribution in [-0.2, 0) is 4.74 Å². The summed E-state index contributed by atoms with van der Waals surface area (Å²) in [7, 11) is 1.73. The average molecular weight is 256 g/mol. The number of hydrogen-bond acceptors (Lipinski definition) is 3. The third-order valence-corrected chi connectivity index (χ3v) is 3.12. The van der Waals surface area contributed by atoms with E-state index in [1.807, 2.05) is 42.6 Å². The molecule has 2 aromatic rings. The number of pyridine rings is 1. The van der Waals surface area contributed by atoms with E-state index < -0.39 is 0 Å². The van der Waals surface area contributed by atoms with Crippen LogP contribution >= 0.6 is 0 Å². The Morgan fingerprint density at radius 1 is 1.11 bits per heavy atom. The highest BCUT2D eigenvalue weighted by atomic mass is 16.5. The highest BCUT2D eigenvalue weighted by Gasteiger charge is 2.15. The summed E-state index contributed by atoms with van der Waals surface area (Å²) in [6.07, 6.45) is 1.82. The van der Waals surface area contributed by atoms with Crippen LogP contribution in [0.4, 0.5) is 0 Å². The predicted octanol–water partition coefficient (Wildman–Crippen LogP) is 3.12. The second kappa shape index (κ2) is 7.02. The first kappa shape index (κ1) is 13.7. The standard InChI is InChI=1S/C16H20N2O/c1-13(15-10-6-7-11-17-15)18-16(12-19-2)14-8-4-3-5-9-14/h3-11,13,16,18H,12H2,1-2H3/t13-,16?/m1/s1. The lowest BCUT2D eigenvalue weighted by Gasteiger charge is -2.23. The Balaban J connectivity index is 2.09. The fourth-order valence-electron chi connectivity index (χ4n) is 2.11. The smallest absolute Gasteiger partial charge is 0.0657 e. The van der Waals surface area contributed by atoms with E-state index in [-0.39, 0.29) is 12.1 Å². The highest BCUT2D eigenvalue weighted by Crippen LogP contribution is 2.18. The Kier molecular flexibility index (Phi) is 5.07.